The maximum absolute atomic E-state index is 5.83. The molecule has 0 radical (unpaired) electrons. The minimum absolute atomic E-state index is 0.614. The monoisotopic (exact) mass is 1300 g/mol. The molecule has 0 spiro atoms. The lowest BCUT2D eigenvalue weighted by Gasteiger charge is -2.26. The third-order valence-electron chi connectivity index (χ3n) is 17.5. The summed E-state index contributed by atoms with van der Waals surface area (Å²) in [7, 11) is 1.70. The molecule has 0 aliphatic rings. The van der Waals surface area contributed by atoms with Crippen LogP contribution in [0.5, 0.6) is 11.5 Å². The van der Waals surface area contributed by atoms with Crippen molar-refractivity contribution >= 4 is 106 Å². The third kappa shape index (κ3) is 18.2. The smallest absolute Gasteiger partial charge is 0.119 e. The first-order valence-electron chi connectivity index (χ1n) is 34.3. The van der Waals surface area contributed by atoms with Crippen LogP contribution in [-0.4, -0.2) is 13.7 Å². The van der Waals surface area contributed by atoms with E-state index in [2.05, 4.69) is 410 Å². The number of allylic oxidation sites excluding steroid dienone is 4. The molecule has 13 aromatic rings. The molecule has 101 heavy (non-hydrogen) atoms. The third-order valence-corrected chi connectivity index (χ3v) is 17.5. The highest BCUT2D eigenvalue weighted by Gasteiger charge is 2.15. The summed E-state index contributed by atoms with van der Waals surface area (Å²) in [5, 5.41) is 0. The largest absolute Gasteiger partial charge is 0.497 e. The van der Waals surface area contributed by atoms with Crippen molar-refractivity contribution in [2.75, 3.05) is 23.5 Å². The molecule has 0 heterocycles. The Hall–Kier alpha value is -13.0. The van der Waals surface area contributed by atoms with Crippen LogP contribution in [0.25, 0.3) is 71.9 Å². The molecule has 0 aromatic heterocycles. The van der Waals surface area contributed by atoms with Gasteiger partial charge in [0.15, 0.2) is 0 Å². The quantitative estimate of drug-likeness (QED) is 0.0421. The van der Waals surface area contributed by atoms with Crippen LogP contribution in [0.4, 0.5) is 34.1 Å². The molecule has 0 saturated heterocycles. The molecule has 0 saturated carbocycles. The van der Waals surface area contributed by atoms with E-state index in [9.17, 15) is 0 Å². The molecule has 0 aliphatic carbocycles. The molecule has 13 rings (SSSR count). The minimum atomic E-state index is 0.614. The fraction of sp³-hybridized carbons (Fsp3) is 0.0309. The van der Waals surface area contributed by atoms with Gasteiger partial charge in [-0.15, -0.1) is 0 Å². The van der Waals surface area contributed by atoms with Gasteiger partial charge in [-0.3, -0.25) is 0 Å². The van der Waals surface area contributed by atoms with Crippen molar-refractivity contribution in [1.82, 2.24) is 0 Å². The number of hydrogen-bond donors (Lipinski definition) is 0. The van der Waals surface area contributed by atoms with Crippen LogP contribution < -0.4 is 19.3 Å². The van der Waals surface area contributed by atoms with Crippen molar-refractivity contribution in [3.05, 3.63) is 442 Å². The van der Waals surface area contributed by atoms with Crippen molar-refractivity contribution in [3.63, 3.8) is 0 Å². The van der Waals surface area contributed by atoms with Gasteiger partial charge in [0.25, 0.3) is 0 Å². The summed E-state index contributed by atoms with van der Waals surface area (Å²) < 4.78 is 11.4. The molecule has 4 heteroatoms. The van der Waals surface area contributed by atoms with E-state index in [1.54, 1.807) is 7.11 Å². The van der Waals surface area contributed by atoms with Crippen molar-refractivity contribution in [2.45, 2.75) is 6.92 Å². The minimum Gasteiger partial charge on any atom is -0.497 e. The molecule has 4 nitrogen and oxygen atoms in total. The topological polar surface area (TPSA) is 24.9 Å². The van der Waals surface area contributed by atoms with Gasteiger partial charge in [0.1, 0.15) is 11.5 Å². The predicted octanol–water partition coefficient (Wildman–Crippen LogP) is 26.0. The summed E-state index contributed by atoms with van der Waals surface area (Å²) in [5.41, 5.74) is 24.7. The number of methoxy groups -OCH3 is 1. The maximum atomic E-state index is 5.83. The molecule has 0 unspecified atom stereocenters. The summed E-state index contributed by atoms with van der Waals surface area (Å²) in [4.78, 5) is 4.56. The molecule has 13 aromatic carbocycles. The van der Waals surface area contributed by atoms with Crippen LogP contribution in [0.3, 0.4) is 0 Å². The number of rotatable bonds is 25. The highest BCUT2D eigenvalue weighted by atomic mass is 16.5. The highest BCUT2D eigenvalue weighted by Crippen LogP contribution is 2.38. The Morgan fingerprint density at radius 2 is 0.436 bits per heavy atom. The van der Waals surface area contributed by atoms with E-state index in [4.69, 9.17) is 9.47 Å². The van der Waals surface area contributed by atoms with Crippen molar-refractivity contribution in [3.8, 4) is 11.5 Å². The summed E-state index contributed by atoms with van der Waals surface area (Å²) in [6.45, 7) is 2.62. The number of nitrogens with zero attached hydrogens (tertiary/aromatic N) is 2. The van der Waals surface area contributed by atoms with Gasteiger partial charge < -0.3 is 19.3 Å². The summed E-state index contributed by atoms with van der Waals surface area (Å²) in [6.07, 6.45) is 30.3. The van der Waals surface area contributed by atoms with E-state index in [1.165, 1.54) is 33.4 Å². The van der Waals surface area contributed by atoms with Gasteiger partial charge in [0.05, 0.1) is 13.7 Å². The van der Waals surface area contributed by atoms with E-state index in [0.29, 0.717) is 6.61 Å². The van der Waals surface area contributed by atoms with Gasteiger partial charge in [-0.1, -0.05) is 328 Å². The Morgan fingerprint density at radius 1 is 0.238 bits per heavy atom. The van der Waals surface area contributed by atoms with Gasteiger partial charge in [0, 0.05) is 34.1 Å². The van der Waals surface area contributed by atoms with Gasteiger partial charge in [-0.25, -0.2) is 0 Å². The van der Waals surface area contributed by atoms with Crippen molar-refractivity contribution in [2.24, 2.45) is 0 Å². The van der Waals surface area contributed by atoms with Crippen LogP contribution in [0.2, 0.25) is 0 Å². The lowest BCUT2D eigenvalue weighted by atomic mass is 9.97. The Bertz CT molecular complexity index is 4930. The SMILES string of the molecule is CCOc1ccc(N(c2ccc(C=Cc3ccc(C=CC=C(c4ccccc4)c4ccccc4)cc3)cc2)c2ccc(C=Cc3ccc(C=Cc4ccc(N(c5ccc(C=Cc6ccc(C=CC=C(c7ccccc7)c7ccccc7)cc6)cc5)c5ccc(OC)cc5)cc4)cc3)cc2)cc1. The summed E-state index contributed by atoms with van der Waals surface area (Å²) >= 11 is 0. The molecule has 0 fully saturated rings. The van der Waals surface area contributed by atoms with Gasteiger partial charge in [-0.2, -0.15) is 0 Å². The maximum Gasteiger partial charge on any atom is 0.119 e. The zero-order chi connectivity index (χ0) is 68.6. The Kier molecular flexibility index (Phi) is 22.3. The molecule has 0 aliphatic heterocycles. The number of benzene rings is 13. The fourth-order valence-electron chi connectivity index (χ4n) is 12.0. The highest BCUT2D eigenvalue weighted by molar-refractivity contribution is 5.85. The fourth-order valence-corrected chi connectivity index (χ4v) is 12.0. The zero-order valence-electron chi connectivity index (χ0n) is 56.8. The standard InChI is InChI=1S/C97H78N2O2/c1-3-101-95-72-68-93(69-73-95)99(90-62-54-81(55-63-90)47-43-77-36-32-75(33-37-77)19-17-29-97(86-24-12-6-13-25-86)87-26-14-7-15-27-87)91-64-56-83(57-65-91)49-45-79-40-38-78(39-41-79)44-48-82-52-60-89(61-53-82)98(92-66-70-94(100-2)71-67-92)88-58-50-80(51-59-88)46-42-76-34-30-74(31-35-76)18-16-28-96(84-20-8-4-9-21-84)85-22-10-5-11-23-85/h4-73H,3H2,1-2H3. The van der Waals surface area contributed by atoms with Crippen LogP contribution in [-0.2, 0) is 0 Å². The first-order valence-corrected chi connectivity index (χ1v) is 34.3. The molecular formula is C97H78N2O2. The molecular weight excluding hydrogens is 1230 g/mol. The Labute approximate surface area is 595 Å². The van der Waals surface area contributed by atoms with Crippen LogP contribution in [0, 0.1) is 0 Å². The summed E-state index contributed by atoms with van der Waals surface area (Å²) in [5.74, 6) is 1.66. The molecule has 488 valence electrons. The van der Waals surface area contributed by atoms with E-state index in [1.807, 2.05) is 31.2 Å². The van der Waals surface area contributed by atoms with Crippen molar-refractivity contribution < 1.29 is 9.47 Å². The molecule has 0 bridgehead atoms. The second-order valence-electron chi connectivity index (χ2n) is 24.3. The first-order chi connectivity index (χ1) is 49.9. The number of ether oxygens (including phenoxy) is 2. The van der Waals surface area contributed by atoms with Gasteiger partial charge in [-0.05, 0) is 193 Å². The van der Waals surface area contributed by atoms with Crippen molar-refractivity contribution in [1.29, 1.82) is 0 Å². The Morgan fingerprint density at radius 3 is 0.653 bits per heavy atom. The molecule has 0 atom stereocenters. The predicted molar refractivity (Wildman–Crippen MR) is 433 cm³/mol. The number of anilines is 6. The van der Waals surface area contributed by atoms with Crippen LogP contribution >= 0.6 is 0 Å². The zero-order valence-corrected chi connectivity index (χ0v) is 56.8. The van der Waals surface area contributed by atoms with E-state index >= 15 is 0 Å². The second kappa shape index (κ2) is 33.8. The van der Waals surface area contributed by atoms with Crippen LogP contribution in [0.1, 0.15) is 84.8 Å². The van der Waals surface area contributed by atoms with E-state index in [-0.39, 0.29) is 0 Å². The first kappa shape index (κ1) is 66.6. The average molecular weight is 1300 g/mol. The molecule has 0 amide bonds. The number of hydrogen-bond acceptors (Lipinski definition) is 4. The van der Waals surface area contributed by atoms with Gasteiger partial charge in [0.2, 0.25) is 0 Å². The lowest BCUT2D eigenvalue weighted by molar-refractivity contribution is 0.340. The second-order valence-corrected chi connectivity index (χ2v) is 24.3. The lowest BCUT2D eigenvalue weighted by Crippen LogP contribution is -2.09. The molecule has 0 N–H and O–H groups in total. The van der Waals surface area contributed by atoms with E-state index in [0.717, 1.165) is 101 Å². The van der Waals surface area contributed by atoms with Gasteiger partial charge >= 0.3 is 0 Å². The normalized spacial score (nSPS) is 11.5. The summed E-state index contributed by atoms with van der Waals surface area (Å²) in [6, 6.07) is 120. The average Bonchev–Trinajstić information content (AvgIpc) is 0.821. The van der Waals surface area contributed by atoms with E-state index < -0.39 is 0 Å². The van der Waals surface area contributed by atoms with Crippen LogP contribution in [0.15, 0.2) is 364 Å². The Balaban J connectivity index is 0.630.